The fraction of sp³-hybridized carbons (Fsp3) is 0.524. The van der Waals surface area contributed by atoms with E-state index in [9.17, 15) is 8.78 Å². The van der Waals surface area contributed by atoms with Crippen LogP contribution in [-0.2, 0) is 6.42 Å². The predicted molar refractivity (Wildman–Crippen MR) is 92.6 cm³/mol. The molecule has 2 aromatic carbocycles. The van der Waals surface area contributed by atoms with Gasteiger partial charge >= 0.3 is 0 Å². The minimum absolute atomic E-state index is 0.643. The summed E-state index contributed by atoms with van der Waals surface area (Å²) in [5.41, 5.74) is 2.45. The Balaban J connectivity index is 1.82. The number of aryl methyl sites for hydroxylation is 1. The number of hydrogen-bond donors (Lipinski definition) is 0. The molecule has 0 aromatic heterocycles. The predicted octanol–water partition coefficient (Wildman–Crippen LogP) is 6.43. The highest BCUT2D eigenvalue weighted by molar-refractivity contribution is 5.84. The van der Waals surface area contributed by atoms with Crippen molar-refractivity contribution in [2.75, 3.05) is 0 Å². The Labute approximate surface area is 137 Å². The summed E-state index contributed by atoms with van der Waals surface area (Å²) in [6.45, 7) is 6.77. The first-order valence-corrected chi connectivity index (χ1v) is 8.82. The van der Waals surface area contributed by atoms with Crippen LogP contribution in [0.5, 0.6) is 0 Å². The van der Waals surface area contributed by atoms with E-state index in [0.29, 0.717) is 5.92 Å². The van der Waals surface area contributed by atoms with Crippen molar-refractivity contribution >= 4 is 10.8 Å². The van der Waals surface area contributed by atoms with Crippen LogP contribution >= 0.6 is 0 Å². The molecule has 124 valence electrons. The van der Waals surface area contributed by atoms with Gasteiger partial charge in [0.1, 0.15) is 0 Å². The lowest BCUT2D eigenvalue weighted by atomic mass is 9.75. The topological polar surface area (TPSA) is 0 Å². The largest absolute Gasteiger partial charge is 0.204 e. The van der Waals surface area contributed by atoms with E-state index in [1.807, 2.05) is 6.07 Å². The van der Waals surface area contributed by atoms with E-state index in [-0.39, 0.29) is 0 Å². The fourth-order valence-corrected chi connectivity index (χ4v) is 4.04. The molecule has 1 atom stereocenters. The van der Waals surface area contributed by atoms with Crippen LogP contribution in [0.4, 0.5) is 8.78 Å². The third-order valence-corrected chi connectivity index (χ3v) is 5.74. The molecule has 2 aromatic rings. The van der Waals surface area contributed by atoms with E-state index in [4.69, 9.17) is 0 Å². The normalized spacial score (nSPS) is 23.2. The molecule has 0 amide bonds. The smallest absolute Gasteiger partial charge is 0.159 e. The first-order chi connectivity index (χ1) is 10.9. The number of fused-ring (bicyclic) bond motifs is 1. The number of hydrogen-bond acceptors (Lipinski definition) is 0. The third kappa shape index (κ3) is 3.57. The molecule has 2 heteroatoms. The van der Waals surface area contributed by atoms with E-state index in [0.717, 1.165) is 29.0 Å². The molecule has 0 aliphatic heterocycles. The van der Waals surface area contributed by atoms with Crippen molar-refractivity contribution in [2.45, 2.75) is 52.9 Å². The second kappa shape index (κ2) is 6.59. The zero-order valence-electron chi connectivity index (χ0n) is 14.3. The van der Waals surface area contributed by atoms with E-state index >= 15 is 0 Å². The average Bonchev–Trinajstić information content (AvgIpc) is 2.51. The Morgan fingerprint density at radius 1 is 0.957 bits per heavy atom. The quantitative estimate of drug-likeness (QED) is 0.612. The van der Waals surface area contributed by atoms with Gasteiger partial charge in [-0.2, -0.15) is 0 Å². The summed E-state index contributed by atoms with van der Waals surface area (Å²) in [5.74, 6) is 0.782. The van der Waals surface area contributed by atoms with E-state index in [1.54, 1.807) is 0 Å². The molecule has 3 rings (SSSR count). The molecule has 0 N–H and O–H groups in total. The van der Waals surface area contributed by atoms with E-state index in [2.05, 4.69) is 26.8 Å². The van der Waals surface area contributed by atoms with Crippen LogP contribution in [0.2, 0.25) is 0 Å². The summed E-state index contributed by atoms with van der Waals surface area (Å²) in [7, 11) is 0. The second-order valence-electron chi connectivity index (χ2n) is 7.59. The standard InChI is InChI=1S/C21H26F2/c1-13-4-6-16(7-5-13)14(2)8-17-10-19-12-21(23)20(22)11-18(19)9-15(17)3/h9-14,16H,4-8H2,1-3H3. The monoisotopic (exact) mass is 316 g/mol. The van der Waals surface area contributed by atoms with Crippen LogP contribution in [0.15, 0.2) is 24.3 Å². The lowest BCUT2D eigenvalue weighted by molar-refractivity contribution is 0.222. The Kier molecular flexibility index (Phi) is 4.70. The molecular weight excluding hydrogens is 290 g/mol. The fourth-order valence-electron chi connectivity index (χ4n) is 4.04. The van der Waals surface area contributed by atoms with Gasteiger partial charge in [0.15, 0.2) is 11.6 Å². The van der Waals surface area contributed by atoms with Crippen molar-refractivity contribution in [3.63, 3.8) is 0 Å². The SMILES string of the molecule is Cc1cc2cc(F)c(F)cc2cc1CC(C)C1CCC(C)CC1. The number of rotatable bonds is 3. The third-order valence-electron chi connectivity index (χ3n) is 5.74. The van der Waals surface area contributed by atoms with Gasteiger partial charge in [-0.05, 0) is 78.0 Å². The molecule has 1 aliphatic rings. The van der Waals surface area contributed by atoms with Crippen molar-refractivity contribution in [3.05, 3.63) is 47.0 Å². The maximum absolute atomic E-state index is 13.5. The highest BCUT2D eigenvalue weighted by Crippen LogP contribution is 2.35. The highest BCUT2D eigenvalue weighted by atomic mass is 19.2. The highest BCUT2D eigenvalue weighted by Gasteiger charge is 2.23. The van der Waals surface area contributed by atoms with Crippen LogP contribution in [0, 0.1) is 36.3 Å². The van der Waals surface area contributed by atoms with Crippen molar-refractivity contribution in [2.24, 2.45) is 17.8 Å². The van der Waals surface area contributed by atoms with Crippen molar-refractivity contribution in [3.8, 4) is 0 Å². The molecule has 1 aliphatic carbocycles. The minimum Gasteiger partial charge on any atom is -0.204 e. The van der Waals surface area contributed by atoms with Crippen LogP contribution in [0.25, 0.3) is 10.8 Å². The van der Waals surface area contributed by atoms with Gasteiger partial charge in [0.05, 0.1) is 0 Å². The summed E-state index contributed by atoms with van der Waals surface area (Å²) < 4.78 is 26.9. The molecule has 1 saturated carbocycles. The van der Waals surface area contributed by atoms with Crippen LogP contribution < -0.4 is 0 Å². The van der Waals surface area contributed by atoms with Gasteiger partial charge in [0.25, 0.3) is 0 Å². The first kappa shape index (κ1) is 16.4. The maximum atomic E-state index is 13.5. The summed E-state index contributed by atoms with van der Waals surface area (Å²) >= 11 is 0. The van der Waals surface area contributed by atoms with E-state index < -0.39 is 11.6 Å². The van der Waals surface area contributed by atoms with Crippen LogP contribution in [0.1, 0.15) is 50.7 Å². The molecule has 0 heterocycles. The Morgan fingerprint density at radius 3 is 2.13 bits per heavy atom. The van der Waals surface area contributed by atoms with E-state index in [1.165, 1.54) is 48.9 Å². The Hall–Kier alpha value is -1.44. The zero-order valence-corrected chi connectivity index (χ0v) is 14.3. The molecule has 0 spiro atoms. The molecule has 1 unspecified atom stereocenters. The van der Waals surface area contributed by atoms with Gasteiger partial charge in [-0.1, -0.05) is 38.8 Å². The average molecular weight is 316 g/mol. The molecule has 0 radical (unpaired) electrons. The van der Waals surface area contributed by atoms with Gasteiger partial charge in [0.2, 0.25) is 0 Å². The van der Waals surface area contributed by atoms with Crippen molar-refractivity contribution in [1.29, 1.82) is 0 Å². The Bertz CT molecular complexity index is 697. The van der Waals surface area contributed by atoms with Gasteiger partial charge in [0, 0.05) is 0 Å². The number of benzene rings is 2. The van der Waals surface area contributed by atoms with Crippen molar-refractivity contribution in [1.82, 2.24) is 0 Å². The lowest BCUT2D eigenvalue weighted by Crippen LogP contribution is -2.20. The molecular formula is C21H26F2. The first-order valence-electron chi connectivity index (χ1n) is 8.82. The number of halogens is 2. The molecule has 0 saturated heterocycles. The van der Waals surface area contributed by atoms with Crippen molar-refractivity contribution < 1.29 is 8.78 Å². The van der Waals surface area contributed by atoms with Gasteiger partial charge in [-0.25, -0.2) is 8.78 Å². The molecule has 0 bridgehead atoms. The van der Waals surface area contributed by atoms with Gasteiger partial charge in [-0.15, -0.1) is 0 Å². The summed E-state index contributed by atoms with van der Waals surface area (Å²) in [4.78, 5) is 0. The van der Waals surface area contributed by atoms with Crippen LogP contribution in [0.3, 0.4) is 0 Å². The zero-order chi connectivity index (χ0) is 16.6. The molecule has 1 fully saturated rings. The minimum atomic E-state index is -0.769. The lowest BCUT2D eigenvalue weighted by Gasteiger charge is -2.31. The Morgan fingerprint density at radius 2 is 1.52 bits per heavy atom. The van der Waals surface area contributed by atoms with Gasteiger partial charge < -0.3 is 0 Å². The molecule has 0 nitrogen and oxygen atoms in total. The summed E-state index contributed by atoms with van der Waals surface area (Å²) in [5, 5.41) is 1.58. The summed E-state index contributed by atoms with van der Waals surface area (Å²) in [6, 6.07) is 6.66. The maximum Gasteiger partial charge on any atom is 0.159 e. The van der Waals surface area contributed by atoms with Crippen LogP contribution in [-0.4, -0.2) is 0 Å². The summed E-state index contributed by atoms with van der Waals surface area (Å²) in [6.07, 6.45) is 6.37. The molecule has 23 heavy (non-hydrogen) atoms. The van der Waals surface area contributed by atoms with Gasteiger partial charge in [-0.3, -0.25) is 0 Å². The second-order valence-corrected chi connectivity index (χ2v) is 7.59.